The average Bonchev–Trinajstić information content (AvgIpc) is 1.86. The Kier molecular flexibility index (Phi) is 5.30. The lowest BCUT2D eigenvalue weighted by molar-refractivity contribution is -0.136. The van der Waals surface area contributed by atoms with Crippen molar-refractivity contribution in [3.63, 3.8) is 0 Å². The zero-order valence-electron chi connectivity index (χ0n) is 7.01. The maximum Gasteiger partial charge on any atom is 0.321 e. The van der Waals surface area contributed by atoms with Crippen LogP contribution < -0.4 is 0 Å². The van der Waals surface area contributed by atoms with Crippen LogP contribution in [0.4, 0.5) is 0 Å². The van der Waals surface area contributed by atoms with Gasteiger partial charge in [-0.15, -0.1) is 11.6 Å². The van der Waals surface area contributed by atoms with Gasteiger partial charge < -0.3 is 5.11 Å². The molecule has 0 amide bonds. The van der Waals surface area contributed by atoms with Gasteiger partial charge in [0.2, 0.25) is 0 Å². The Morgan fingerprint density at radius 3 is 2.36 bits per heavy atom. The van der Waals surface area contributed by atoms with E-state index in [1.807, 2.05) is 0 Å². The smallest absolute Gasteiger partial charge is 0.321 e. The Bertz CT molecular complexity index is 123. The first-order chi connectivity index (χ1) is 5.04. The van der Waals surface area contributed by atoms with Crippen LogP contribution in [0.3, 0.4) is 0 Å². The van der Waals surface area contributed by atoms with E-state index in [1.165, 1.54) is 0 Å². The van der Waals surface area contributed by atoms with Crippen molar-refractivity contribution in [1.29, 1.82) is 0 Å². The van der Waals surface area contributed by atoms with Gasteiger partial charge in [-0.2, -0.15) is 0 Å². The van der Waals surface area contributed by atoms with Gasteiger partial charge >= 0.3 is 5.97 Å². The van der Waals surface area contributed by atoms with Crippen LogP contribution in [-0.4, -0.2) is 16.5 Å². The van der Waals surface area contributed by atoms with E-state index in [1.54, 1.807) is 0 Å². The van der Waals surface area contributed by atoms with Crippen LogP contribution in [0, 0.1) is 5.92 Å². The van der Waals surface area contributed by atoms with Crippen LogP contribution in [0.5, 0.6) is 0 Å². The molecule has 0 spiro atoms. The topological polar surface area (TPSA) is 37.3 Å². The van der Waals surface area contributed by atoms with Gasteiger partial charge in [0.15, 0.2) is 0 Å². The second-order valence-electron chi connectivity index (χ2n) is 3.13. The minimum Gasteiger partial charge on any atom is -0.480 e. The molecule has 0 heterocycles. The molecule has 0 aromatic carbocycles. The molecule has 0 fully saturated rings. The predicted molar refractivity (Wildman–Crippen MR) is 46.0 cm³/mol. The summed E-state index contributed by atoms with van der Waals surface area (Å²) in [6.45, 7) is 4.23. The molecule has 0 aliphatic heterocycles. The fourth-order valence-corrected chi connectivity index (χ4v) is 0.983. The molecule has 0 aromatic heterocycles. The summed E-state index contributed by atoms with van der Waals surface area (Å²) in [5, 5.41) is 7.72. The molecule has 66 valence electrons. The fraction of sp³-hybridized carbons (Fsp3) is 0.875. The maximum atomic E-state index is 10.2. The lowest BCUT2D eigenvalue weighted by Crippen LogP contribution is -2.12. The van der Waals surface area contributed by atoms with E-state index in [0.717, 1.165) is 12.8 Å². The van der Waals surface area contributed by atoms with Crippen molar-refractivity contribution < 1.29 is 9.90 Å². The monoisotopic (exact) mass is 178 g/mol. The standard InChI is InChI=1S/C8H15ClO2/c1-6(2)4-3-5-7(9)8(10)11/h6-7H,3-5H2,1-2H3,(H,10,11). The molecule has 0 aliphatic carbocycles. The van der Waals surface area contributed by atoms with Crippen LogP contribution in [-0.2, 0) is 4.79 Å². The van der Waals surface area contributed by atoms with Crippen molar-refractivity contribution in [2.24, 2.45) is 5.92 Å². The molecule has 2 nitrogen and oxygen atoms in total. The number of carboxylic acid groups (broad SMARTS) is 1. The number of aliphatic carboxylic acids is 1. The van der Waals surface area contributed by atoms with Crippen LogP contribution in [0.1, 0.15) is 33.1 Å². The highest BCUT2D eigenvalue weighted by Crippen LogP contribution is 2.11. The minimum absolute atomic E-state index is 0.578. The summed E-state index contributed by atoms with van der Waals surface area (Å²) in [6, 6.07) is 0. The zero-order chi connectivity index (χ0) is 8.85. The molecule has 3 heteroatoms. The van der Waals surface area contributed by atoms with Crippen molar-refractivity contribution in [3.05, 3.63) is 0 Å². The van der Waals surface area contributed by atoms with Gasteiger partial charge in [-0.25, -0.2) is 0 Å². The largest absolute Gasteiger partial charge is 0.480 e. The Labute approximate surface area is 72.6 Å². The van der Waals surface area contributed by atoms with E-state index in [-0.39, 0.29) is 0 Å². The number of halogens is 1. The third-order valence-electron chi connectivity index (χ3n) is 1.51. The second kappa shape index (κ2) is 5.42. The Hall–Kier alpha value is -0.240. The number of hydrogen-bond donors (Lipinski definition) is 1. The Balaban J connectivity index is 3.31. The molecule has 0 saturated heterocycles. The fourth-order valence-electron chi connectivity index (χ4n) is 0.829. The summed E-state index contributed by atoms with van der Waals surface area (Å²) in [4.78, 5) is 10.2. The first-order valence-corrected chi connectivity index (χ1v) is 4.34. The van der Waals surface area contributed by atoms with Gasteiger partial charge in [0.1, 0.15) is 5.38 Å². The highest BCUT2D eigenvalue weighted by Gasteiger charge is 2.12. The maximum absolute atomic E-state index is 10.2. The molecular formula is C8H15ClO2. The van der Waals surface area contributed by atoms with Crippen LogP contribution >= 0.6 is 11.6 Å². The normalized spacial score (nSPS) is 13.5. The van der Waals surface area contributed by atoms with Gasteiger partial charge in [0.25, 0.3) is 0 Å². The number of carboxylic acids is 1. The highest BCUT2D eigenvalue weighted by molar-refractivity contribution is 6.29. The van der Waals surface area contributed by atoms with Crippen molar-refractivity contribution in [2.75, 3.05) is 0 Å². The third kappa shape index (κ3) is 6.17. The highest BCUT2D eigenvalue weighted by atomic mass is 35.5. The Morgan fingerprint density at radius 2 is 2.00 bits per heavy atom. The van der Waals surface area contributed by atoms with Crippen molar-refractivity contribution in [1.82, 2.24) is 0 Å². The van der Waals surface area contributed by atoms with E-state index in [4.69, 9.17) is 16.7 Å². The molecule has 0 saturated carbocycles. The van der Waals surface area contributed by atoms with E-state index in [0.29, 0.717) is 12.3 Å². The summed E-state index contributed by atoms with van der Waals surface area (Å²) >= 11 is 5.50. The first-order valence-electron chi connectivity index (χ1n) is 3.91. The van der Waals surface area contributed by atoms with Gasteiger partial charge in [0, 0.05) is 0 Å². The molecule has 0 aromatic rings. The molecule has 0 radical (unpaired) electrons. The van der Waals surface area contributed by atoms with Gasteiger partial charge in [-0.3, -0.25) is 4.79 Å². The Morgan fingerprint density at radius 1 is 1.45 bits per heavy atom. The summed E-state index contributed by atoms with van der Waals surface area (Å²) < 4.78 is 0. The van der Waals surface area contributed by atoms with Crippen molar-refractivity contribution in [2.45, 2.75) is 38.5 Å². The predicted octanol–water partition coefficient (Wildman–Crippen LogP) is 2.50. The minimum atomic E-state index is -0.907. The van der Waals surface area contributed by atoms with E-state index < -0.39 is 11.3 Å². The number of alkyl halides is 1. The van der Waals surface area contributed by atoms with Crippen molar-refractivity contribution >= 4 is 17.6 Å². The lowest BCUT2D eigenvalue weighted by Gasteiger charge is -2.05. The van der Waals surface area contributed by atoms with Gasteiger partial charge in [0.05, 0.1) is 0 Å². The summed E-state index contributed by atoms with van der Waals surface area (Å²) in [6.07, 6.45) is 2.53. The second-order valence-corrected chi connectivity index (χ2v) is 3.66. The number of carbonyl (C=O) groups is 1. The number of hydrogen-bond acceptors (Lipinski definition) is 1. The van der Waals surface area contributed by atoms with Gasteiger partial charge in [-0.05, 0) is 12.3 Å². The van der Waals surface area contributed by atoms with E-state index in [2.05, 4.69) is 13.8 Å². The molecule has 1 atom stereocenters. The molecule has 0 bridgehead atoms. The first kappa shape index (κ1) is 10.8. The SMILES string of the molecule is CC(C)CCCC(Cl)C(=O)O. The van der Waals surface area contributed by atoms with Crippen molar-refractivity contribution in [3.8, 4) is 0 Å². The quantitative estimate of drug-likeness (QED) is 0.657. The molecule has 0 rings (SSSR count). The van der Waals surface area contributed by atoms with Crippen LogP contribution in [0.15, 0.2) is 0 Å². The van der Waals surface area contributed by atoms with Crippen LogP contribution in [0.2, 0.25) is 0 Å². The van der Waals surface area contributed by atoms with Gasteiger partial charge in [-0.1, -0.05) is 26.7 Å². The summed E-state index contributed by atoms with van der Waals surface area (Å²) in [7, 11) is 0. The van der Waals surface area contributed by atoms with Crippen LogP contribution in [0.25, 0.3) is 0 Å². The lowest BCUT2D eigenvalue weighted by atomic mass is 10.1. The molecule has 11 heavy (non-hydrogen) atoms. The molecule has 1 N–H and O–H groups in total. The molecule has 1 unspecified atom stereocenters. The average molecular weight is 179 g/mol. The molecule has 0 aliphatic rings. The summed E-state index contributed by atoms with van der Waals surface area (Å²) in [5.41, 5.74) is 0. The van der Waals surface area contributed by atoms with E-state index in [9.17, 15) is 4.79 Å². The number of rotatable bonds is 5. The van der Waals surface area contributed by atoms with E-state index >= 15 is 0 Å². The molecular weight excluding hydrogens is 164 g/mol. The third-order valence-corrected chi connectivity index (χ3v) is 1.91. The zero-order valence-corrected chi connectivity index (χ0v) is 7.77. The summed E-state index contributed by atoms with van der Waals surface area (Å²) in [5.74, 6) is -0.275.